The summed E-state index contributed by atoms with van der Waals surface area (Å²) in [7, 11) is 0. The Morgan fingerprint density at radius 3 is 2.42 bits per heavy atom. The Labute approximate surface area is 147 Å². The minimum Gasteiger partial charge on any atom is -0.492 e. The van der Waals surface area contributed by atoms with E-state index in [1.165, 1.54) is 11.1 Å². The Kier molecular flexibility index (Phi) is 6.50. The largest absolute Gasteiger partial charge is 0.492 e. The Morgan fingerprint density at radius 1 is 1.08 bits per heavy atom. The number of hydrogen-bond acceptors (Lipinski definition) is 3. The molecule has 1 N–H and O–H groups in total. The zero-order valence-electron chi connectivity index (χ0n) is 14.1. The topological polar surface area (TPSA) is 47.6 Å². The molecule has 2 aromatic carbocycles. The van der Waals surface area contributed by atoms with Crippen molar-refractivity contribution in [1.82, 2.24) is 5.32 Å². The van der Waals surface area contributed by atoms with E-state index in [0.29, 0.717) is 23.9 Å². The number of amides is 1. The summed E-state index contributed by atoms with van der Waals surface area (Å²) >= 11 is 5.82. The number of rotatable bonds is 7. The monoisotopic (exact) mass is 347 g/mol. The molecule has 0 spiro atoms. The fourth-order valence-corrected chi connectivity index (χ4v) is 2.19. The maximum absolute atomic E-state index is 12.0. The molecule has 0 radical (unpaired) electrons. The van der Waals surface area contributed by atoms with Gasteiger partial charge in [-0.2, -0.15) is 0 Å². The summed E-state index contributed by atoms with van der Waals surface area (Å²) in [6.07, 6.45) is -0.590. The first-order valence-electron chi connectivity index (χ1n) is 7.85. The highest BCUT2D eigenvalue weighted by Gasteiger charge is 2.14. The highest BCUT2D eigenvalue weighted by molar-refractivity contribution is 6.30. The van der Waals surface area contributed by atoms with Crippen LogP contribution in [0, 0.1) is 13.8 Å². The van der Waals surface area contributed by atoms with E-state index in [0.717, 1.165) is 5.75 Å². The van der Waals surface area contributed by atoms with Crippen molar-refractivity contribution in [1.29, 1.82) is 0 Å². The molecule has 0 heterocycles. The molecule has 0 fully saturated rings. The van der Waals surface area contributed by atoms with Gasteiger partial charge in [-0.05, 0) is 68.3 Å². The molecule has 1 atom stereocenters. The number of hydrogen-bond donors (Lipinski definition) is 1. The van der Waals surface area contributed by atoms with Gasteiger partial charge in [-0.3, -0.25) is 4.79 Å². The van der Waals surface area contributed by atoms with E-state index in [-0.39, 0.29) is 5.91 Å². The molecule has 0 bridgehead atoms. The van der Waals surface area contributed by atoms with Gasteiger partial charge in [-0.1, -0.05) is 17.7 Å². The Hall–Kier alpha value is -2.20. The van der Waals surface area contributed by atoms with Crippen LogP contribution in [0.1, 0.15) is 18.1 Å². The third-order valence-corrected chi connectivity index (χ3v) is 3.90. The van der Waals surface area contributed by atoms with Gasteiger partial charge in [-0.25, -0.2) is 0 Å². The number of halogens is 1. The average molecular weight is 348 g/mol. The van der Waals surface area contributed by atoms with Crippen molar-refractivity contribution in [2.45, 2.75) is 26.9 Å². The van der Waals surface area contributed by atoms with E-state index >= 15 is 0 Å². The molecule has 4 nitrogen and oxygen atoms in total. The zero-order chi connectivity index (χ0) is 17.5. The summed E-state index contributed by atoms with van der Waals surface area (Å²) in [6.45, 7) is 6.62. The molecule has 0 aliphatic carbocycles. The van der Waals surface area contributed by atoms with Crippen molar-refractivity contribution < 1.29 is 14.3 Å². The average Bonchev–Trinajstić information content (AvgIpc) is 2.56. The lowest BCUT2D eigenvalue weighted by Crippen LogP contribution is -2.38. The van der Waals surface area contributed by atoms with Gasteiger partial charge in [-0.15, -0.1) is 0 Å². The lowest BCUT2D eigenvalue weighted by Gasteiger charge is -2.15. The fraction of sp³-hybridized carbons (Fsp3) is 0.316. The maximum Gasteiger partial charge on any atom is 0.260 e. The second-order valence-electron chi connectivity index (χ2n) is 5.60. The molecule has 0 aromatic heterocycles. The first-order valence-corrected chi connectivity index (χ1v) is 8.23. The normalized spacial score (nSPS) is 11.7. The van der Waals surface area contributed by atoms with Crippen molar-refractivity contribution in [2.75, 3.05) is 13.2 Å². The summed E-state index contributed by atoms with van der Waals surface area (Å²) < 4.78 is 11.2. The van der Waals surface area contributed by atoms with Gasteiger partial charge < -0.3 is 14.8 Å². The molecule has 128 valence electrons. The molecule has 24 heavy (non-hydrogen) atoms. The smallest absolute Gasteiger partial charge is 0.260 e. The number of aryl methyl sites for hydroxylation is 2. The van der Waals surface area contributed by atoms with E-state index in [2.05, 4.69) is 12.2 Å². The lowest BCUT2D eigenvalue weighted by atomic mass is 10.1. The quantitative estimate of drug-likeness (QED) is 0.772. The number of benzene rings is 2. The van der Waals surface area contributed by atoms with Crippen LogP contribution in [0.4, 0.5) is 0 Å². The van der Waals surface area contributed by atoms with E-state index in [4.69, 9.17) is 21.1 Å². The van der Waals surface area contributed by atoms with Gasteiger partial charge in [0.15, 0.2) is 6.10 Å². The van der Waals surface area contributed by atoms with Crippen LogP contribution in [0.3, 0.4) is 0 Å². The second kappa shape index (κ2) is 8.60. The van der Waals surface area contributed by atoms with E-state index in [1.807, 2.05) is 25.1 Å². The summed E-state index contributed by atoms with van der Waals surface area (Å²) in [4.78, 5) is 12.0. The van der Waals surface area contributed by atoms with E-state index < -0.39 is 6.10 Å². The van der Waals surface area contributed by atoms with Crippen molar-refractivity contribution in [3.8, 4) is 11.5 Å². The summed E-state index contributed by atoms with van der Waals surface area (Å²) in [5.41, 5.74) is 2.41. The molecule has 0 unspecified atom stereocenters. The Balaban J connectivity index is 1.72. The number of nitrogens with one attached hydrogen (secondary N) is 1. The van der Waals surface area contributed by atoms with Crippen molar-refractivity contribution >= 4 is 17.5 Å². The van der Waals surface area contributed by atoms with E-state index in [9.17, 15) is 4.79 Å². The summed E-state index contributed by atoms with van der Waals surface area (Å²) in [5, 5.41) is 3.42. The molecular weight excluding hydrogens is 326 g/mol. The van der Waals surface area contributed by atoms with Gasteiger partial charge in [0.05, 0.1) is 6.54 Å². The van der Waals surface area contributed by atoms with Crippen LogP contribution in [-0.4, -0.2) is 25.2 Å². The van der Waals surface area contributed by atoms with Crippen LogP contribution < -0.4 is 14.8 Å². The zero-order valence-corrected chi connectivity index (χ0v) is 14.9. The molecule has 0 saturated carbocycles. The number of carbonyl (C=O) groups is 1. The molecule has 0 aliphatic heterocycles. The lowest BCUT2D eigenvalue weighted by molar-refractivity contribution is -0.127. The predicted molar refractivity (Wildman–Crippen MR) is 96.0 cm³/mol. The van der Waals surface area contributed by atoms with Gasteiger partial charge in [0.1, 0.15) is 18.1 Å². The van der Waals surface area contributed by atoms with Crippen LogP contribution in [0.15, 0.2) is 42.5 Å². The third kappa shape index (κ3) is 5.46. The van der Waals surface area contributed by atoms with Gasteiger partial charge in [0.25, 0.3) is 5.91 Å². The minimum absolute atomic E-state index is 0.186. The molecule has 0 saturated heterocycles. The Bertz CT molecular complexity index is 686. The van der Waals surface area contributed by atoms with Crippen LogP contribution in [0.2, 0.25) is 5.02 Å². The number of carbonyl (C=O) groups excluding carboxylic acids is 1. The highest BCUT2D eigenvalue weighted by Crippen LogP contribution is 2.17. The van der Waals surface area contributed by atoms with Crippen molar-refractivity contribution in [3.05, 3.63) is 58.6 Å². The maximum atomic E-state index is 12.0. The third-order valence-electron chi connectivity index (χ3n) is 3.64. The first-order chi connectivity index (χ1) is 11.5. The van der Waals surface area contributed by atoms with Gasteiger partial charge in [0, 0.05) is 5.02 Å². The van der Waals surface area contributed by atoms with Crippen LogP contribution in [0.5, 0.6) is 11.5 Å². The molecule has 2 rings (SSSR count). The summed E-state index contributed by atoms with van der Waals surface area (Å²) in [6, 6.07) is 12.8. The fourth-order valence-electron chi connectivity index (χ4n) is 2.06. The van der Waals surface area contributed by atoms with Gasteiger partial charge >= 0.3 is 0 Å². The minimum atomic E-state index is -0.590. The van der Waals surface area contributed by atoms with Crippen molar-refractivity contribution in [3.63, 3.8) is 0 Å². The van der Waals surface area contributed by atoms with Crippen molar-refractivity contribution in [2.24, 2.45) is 0 Å². The Morgan fingerprint density at radius 2 is 1.75 bits per heavy atom. The van der Waals surface area contributed by atoms with Crippen LogP contribution in [-0.2, 0) is 4.79 Å². The molecule has 0 aliphatic rings. The molecule has 5 heteroatoms. The molecule has 2 aromatic rings. The number of ether oxygens (including phenoxy) is 2. The molecular formula is C19H22ClNO3. The SMILES string of the molecule is Cc1ccc(OCCNC(=O)[C@H](C)Oc2ccc(Cl)cc2)cc1C. The first kappa shape index (κ1) is 18.1. The second-order valence-corrected chi connectivity index (χ2v) is 6.04. The van der Waals surface area contributed by atoms with Crippen LogP contribution >= 0.6 is 11.6 Å². The highest BCUT2D eigenvalue weighted by atomic mass is 35.5. The van der Waals surface area contributed by atoms with Gasteiger partial charge in [0.2, 0.25) is 0 Å². The summed E-state index contributed by atoms with van der Waals surface area (Å²) in [5.74, 6) is 1.22. The molecule has 1 amide bonds. The predicted octanol–water partition coefficient (Wildman–Crippen LogP) is 3.92. The van der Waals surface area contributed by atoms with E-state index in [1.54, 1.807) is 31.2 Å². The standard InChI is InChI=1S/C19H22ClNO3/c1-13-4-7-18(12-14(13)2)23-11-10-21-19(22)15(3)24-17-8-5-16(20)6-9-17/h4-9,12,15H,10-11H2,1-3H3,(H,21,22)/t15-/m0/s1. The van der Waals surface area contributed by atoms with Crippen LogP contribution in [0.25, 0.3) is 0 Å².